The van der Waals surface area contributed by atoms with Gasteiger partial charge in [0.15, 0.2) is 0 Å². The molecule has 1 saturated heterocycles. The Labute approximate surface area is 203 Å². The Morgan fingerprint density at radius 3 is 2.48 bits per heavy atom. The third kappa shape index (κ3) is 4.89. The fourth-order valence-electron chi connectivity index (χ4n) is 4.49. The molecule has 0 spiro atoms. The average Bonchev–Trinajstić information content (AvgIpc) is 3.63. The molecule has 2 aliphatic rings. The van der Waals surface area contributed by atoms with E-state index in [1.54, 1.807) is 0 Å². The van der Waals surface area contributed by atoms with Crippen LogP contribution in [0.15, 0.2) is 47.0 Å². The van der Waals surface area contributed by atoms with Crippen molar-refractivity contribution in [3.8, 4) is 17.3 Å². The van der Waals surface area contributed by atoms with Crippen molar-refractivity contribution >= 4 is 28.9 Å². The lowest BCUT2D eigenvalue weighted by molar-refractivity contribution is 0.0328. The molecule has 0 N–H and O–H groups in total. The summed E-state index contributed by atoms with van der Waals surface area (Å²) in [5.74, 6) is 1.32. The number of rotatable bonds is 6. The van der Waals surface area contributed by atoms with Gasteiger partial charge in [-0.25, -0.2) is 0 Å². The third-order valence-electron chi connectivity index (χ3n) is 6.47. The second kappa shape index (κ2) is 9.77. The van der Waals surface area contributed by atoms with Gasteiger partial charge in [-0.3, -0.25) is 0 Å². The van der Waals surface area contributed by atoms with Crippen molar-refractivity contribution in [3.05, 3.63) is 69.4 Å². The Morgan fingerprint density at radius 1 is 1.03 bits per heavy atom. The largest absolute Gasteiger partial charge is 0.373 e. The highest BCUT2D eigenvalue weighted by atomic mass is 35.5. The molecule has 2 heterocycles. The lowest BCUT2D eigenvalue weighted by Crippen LogP contribution is -2.24. The molecule has 1 aliphatic heterocycles. The smallest absolute Gasteiger partial charge is 0.145 e. The number of anilines is 1. The molecule has 0 bridgehead atoms. The molecule has 1 aliphatic carbocycles. The van der Waals surface area contributed by atoms with E-state index in [0.29, 0.717) is 39.4 Å². The maximum atomic E-state index is 9.03. The Balaban J connectivity index is 1.29. The molecule has 0 amide bonds. The van der Waals surface area contributed by atoms with E-state index in [2.05, 4.69) is 16.1 Å². The van der Waals surface area contributed by atoms with E-state index in [1.165, 1.54) is 0 Å². The summed E-state index contributed by atoms with van der Waals surface area (Å²) in [7, 11) is 0. The highest BCUT2D eigenvalue weighted by molar-refractivity contribution is 6.39. The van der Waals surface area contributed by atoms with Crippen LogP contribution in [0.4, 0.5) is 5.69 Å². The monoisotopic (exact) mass is 481 g/mol. The van der Waals surface area contributed by atoms with Crippen LogP contribution < -0.4 is 4.90 Å². The van der Waals surface area contributed by atoms with Crippen LogP contribution >= 0.6 is 23.2 Å². The second-order valence-electron chi connectivity index (χ2n) is 8.75. The van der Waals surface area contributed by atoms with Crippen molar-refractivity contribution in [2.75, 3.05) is 18.0 Å². The van der Waals surface area contributed by atoms with Gasteiger partial charge in [0.25, 0.3) is 0 Å². The maximum Gasteiger partial charge on any atom is 0.145 e. The first-order valence-electron chi connectivity index (χ1n) is 11.4. The van der Waals surface area contributed by atoms with Crippen LogP contribution in [0.2, 0.25) is 10.0 Å². The van der Waals surface area contributed by atoms with E-state index < -0.39 is 0 Å². The summed E-state index contributed by atoms with van der Waals surface area (Å²) >= 11 is 12.9. The summed E-state index contributed by atoms with van der Waals surface area (Å²) in [5, 5.41) is 14.5. The first-order valence-corrected chi connectivity index (χ1v) is 12.2. The number of nitriles is 1. The molecule has 1 unspecified atom stereocenters. The van der Waals surface area contributed by atoms with Crippen molar-refractivity contribution in [3.63, 3.8) is 0 Å². The fraction of sp³-hybridized carbons (Fsp3) is 0.385. The van der Waals surface area contributed by atoms with E-state index in [0.717, 1.165) is 62.2 Å². The molecule has 3 aromatic rings. The number of hydrogen-bond donors (Lipinski definition) is 0. The molecule has 2 aromatic carbocycles. The summed E-state index contributed by atoms with van der Waals surface area (Å²) in [5.41, 5.74) is 4.22. The summed E-state index contributed by atoms with van der Waals surface area (Å²) < 4.78 is 12.2. The van der Waals surface area contributed by atoms with Gasteiger partial charge < -0.3 is 14.2 Å². The Morgan fingerprint density at radius 2 is 1.79 bits per heavy atom. The third-order valence-corrected chi connectivity index (χ3v) is 7.10. The van der Waals surface area contributed by atoms with E-state index in [4.69, 9.17) is 37.7 Å². The minimum absolute atomic E-state index is 0.157. The van der Waals surface area contributed by atoms with Gasteiger partial charge in [-0.2, -0.15) is 5.26 Å². The average molecular weight is 482 g/mol. The molecule has 170 valence electrons. The lowest BCUT2D eigenvalue weighted by atomic mass is 10.0. The van der Waals surface area contributed by atoms with Gasteiger partial charge in [0.05, 0.1) is 34.4 Å². The number of hydrogen-bond acceptors (Lipinski definition) is 5. The topological polar surface area (TPSA) is 62.3 Å². The molecule has 7 heteroatoms. The second-order valence-corrected chi connectivity index (χ2v) is 9.57. The predicted molar refractivity (Wildman–Crippen MR) is 130 cm³/mol. The lowest BCUT2D eigenvalue weighted by Gasteiger charge is -2.23. The Hall–Kier alpha value is -2.52. The fourth-order valence-corrected chi connectivity index (χ4v) is 5.06. The SMILES string of the molecule is N#Cc1ccc(N2CCCC(OCc3c(-c4c(Cl)cccc4Cl)noc3C3CC3)CC2)cc1. The summed E-state index contributed by atoms with van der Waals surface area (Å²) in [6.45, 7) is 2.33. The molecule has 1 aromatic heterocycles. The van der Waals surface area contributed by atoms with E-state index >= 15 is 0 Å². The molecule has 1 saturated carbocycles. The van der Waals surface area contributed by atoms with Crippen molar-refractivity contribution in [1.29, 1.82) is 5.26 Å². The van der Waals surface area contributed by atoms with Crippen LogP contribution in [0.25, 0.3) is 11.3 Å². The zero-order chi connectivity index (χ0) is 22.8. The van der Waals surface area contributed by atoms with Crippen LogP contribution in [0.5, 0.6) is 0 Å². The van der Waals surface area contributed by atoms with Crippen molar-refractivity contribution in [2.45, 2.75) is 50.7 Å². The number of halogens is 2. The molecule has 33 heavy (non-hydrogen) atoms. The highest BCUT2D eigenvalue weighted by Crippen LogP contribution is 2.46. The number of aromatic nitrogens is 1. The van der Waals surface area contributed by atoms with Gasteiger partial charge in [0.2, 0.25) is 0 Å². The maximum absolute atomic E-state index is 9.03. The van der Waals surface area contributed by atoms with Gasteiger partial charge in [-0.05, 0) is 68.5 Å². The van der Waals surface area contributed by atoms with Crippen LogP contribution in [0.1, 0.15) is 54.9 Å². The van der Waals surface area contributed by atoms with Gasteiger partial charge in [-0.1, -0.05) is 34.4 Å². The van der Waals surface area contributed by atoms with Crippen LogP contribution in [-0.4, -0.2) is 24.4 Å². The van der Waals surface area contributed by atoms with Crippen molar-refractivity contribution < 1.29 is 9.26 Å². The molecule has 0 radical (unpaired) electrons. The summed E-state index contributed by atoms with van der Waals surface area (Å²) in [6, 6.07) is 15.5. The Bertz CT molecular complexity index is 1150. The predicted octanol–water partition coefficient (Wildman–Crippen LogP) is 6.97. The zero-order valence-corrected chi connectivity index (χ0v) is 19.8. The van der Waals surface area contributed by atoms with E-state index in [-0.39, 0.29) is 6.10 Å². The van der Waals surface area contributed by atoms with E-state index in [9.17, 15) is 0 Å². The molecule has 1 atom stereocenters. The molecular formula is C26H25Cl2N3O2. The first kappa shape index (κ1) is 22.3. The minimum Gasteiger partial charge on any atom is -0.373 e. The van der Waals surface area contributed by atoms with Crippen LogP contribution in [0, 0.1) is 11.3 Å². The molecule has 5 rings (SSSR count). The summed E-state index contributed by atoms with van der Waals surface area (Å²) in [6.07, 6.45) is 5.37. The molecule has 2 fully saturated rings. The minimum atomic E-state index is 0.157. The highest BCUT2D eigenvalue weighted by Gasteiger charge is 2.34. The van der Waals surface area contributed by atoms with E-state index in [1.807, 2.05) is 42.5 Å². The van der Waals surface area contributed by atoms with Crippen LogP contribution in [0.3, 0.4) is 0 Å². The standard InChI is InChI=1S/C26H25Cl2N3O2/c27-22-4-1-5-23(28)24(22)25-21(26(33-30-25)18-8-9-18)16-32-20-3-2-13-31(14-12-20)19-10-6-17(15-29)7-11-19/h1,4-7,10-11,18,20H,2-3,8-9,12-14,16H2. The van der Waals surface area contributed by atoms with Gasteiger partial charge in [0.1, 0.15) is 11.5 Å². The quantitative estimate of drug-likeness (QED) is 0.380. The van der Waals surface area contributed by atoms with Crippen LogP contribution in [-0.2, 0) is 11.3 Å². The van der Waals surface area contributed by atoms with Gasteiger partial charge in [0, 0.05) is 35.8 Å². The number of benzene rings is 2. The van der Waals surface area contributed by atoms with Crippen molar-refractivity contribution in [1.82, 2.24) is 5.16 Å². The number of ether oxygens (including phenoxy) is 1. The normalized spacial score (nSPS) is 18.7. The number of nitrogens with zero attached hydrogens (tertiary/aromatic N) is 3. The molecule has 5 nitrogen and oxygen atoms in total. The van der Waals surface area contributed by atoms with Crippen molar-refractivity contribution in [2.24, 2.45) is 0 Å². The van der Waals surface area contributed by atoms with Gasteiger partial charge >= 0.3 is 0 Å². The zero-order valence-electron chi connectivity index (χ0n) is 18.3. The Kier molecular flexibility index (Phi) is 6.59. The first-order chi connectivity index (χ1) is 16.1. The van der Waals surface area contributed by atoms with Gasteiger partial charge in [-0.15, -0.1) is 0 Å². The molecular weight excluding hydrogens is 457 g/mol. The summed E-state index contributed by atoms with van der Waals surface area (Å²) in [4.78, 5) is 2.37.